The lowest BCUT2D eigenvalue weighted by atomic mass is 10.1. The van der Waals surface area contributed by atoms with Gasteiger partial charge < -0.3 is 10.6 Å². The van der Waals surface area contributed by atoms with Crippen molar-refractivity contribution < 1.29 is 9.59 Å². The second kappa shape index (κ2) is 6.57. The fourth-order valence-corrected chi connectivity index (χ4v) is 1.61. The van der Waals surface area contributed by atoms with E-state index in [1.165, 1.54) is 6.92 Å². The Bertz CT molecular complexity index is 528. The van der Waals surface area contributed by atoms with Crippen molar-refractivity contribution in [2.75, 3.05) is 0 Å². The molecule has 0 unspecified atom stereocenters. The van der Waals surface area contributed by atoms with E-state index in [0.717, 1.165) is 5.56 Å². The second-order valence-corrected chi connectivity index (χ2v) is 5.93. The molecule has 4 nitrogen and oxygen atoms in total. The molecule has 2 amide bonds. The Morgan fingerprint density at radius 2 is 1.70 bits per heavy atom. The zero-order chi connectivity index (χ0) is 15.3. The van der Waals surface area contributed by atoms with E-state index in [1.54, 1.807) is 30.3 Å². The van der Waals surface area contributed by atoms with Crippen molar-refractivity contribution >= 4 is 29.5 Å². The van der Waals surface area contributed by atoms with E-state index in [-0.39, 0.29) is 23.1 Å². The minimum atomic E-state index is -0.380. The van der Waals surface area contributed by atoms with Crippen molar-refractivity contribution in [2.45, 2.75) is 33.2 Å². The Morgan fingerprint density at radius 1 is 1.15 bits per heavy atom. The number of rotatable bonds is 3. The number of hydrogen-bond donors (Lipinski definition) is 2. The van der Waals surface area contributed by atoms with Crippen molar-refractivity contribution in [1.29, 1.82) is 0 Å². The van der Waals surface area contributed by atoms with Gasteiger partial charge in [-0.1, -0.05) is 23.7 Å². The van der Waals surface area contributed by atoms with Crippen molar-refractivity contribution in [3.63, 3.8) is 0 Å². The molecule has 0 bridgehead atoms. The van der Waals surface area contributed by atoms with Crippen LogP contribution in [0, 0.1) is 0 Å². The van der Waals surface area contributed by atoms with Crippen LogP contribution in [0.15, 0.2) is 30.0 Å². The van der Waals surface area contributed by atoms with Gasteiger partial charge in [-0.05, 0) is 44.5 Å². The van der Waals surface area contributed by atoms with Crippen LogP contribution in [0.1, 0.15) is 33.3 Å². The highest BCUT2D eigenvalue weighted by atomic mass is 35.5. The fraction of sp³-hybridized carbons (Fsp3) is 0.333. The first-order valence-corrected chi connectivity index (χ1v) is 6.62. The zero-order valence-electron chi connectivity index (χ0n) is 12.1. The number of carbonyl (C=O) groups excluding carboxylic acids is 2. The van der Waals surface area contributed by atoms with Gasteiger partial charge in [0.1, 0.15) is 5.70 Å². The molecule has 5 heteroatoms. The monoisotopic (exact) mass is 294 g/mol. The normalized spacial score (nSPS) is 11.9. The first kappa shape index (κ1) is 16.2. The van der Waals surface area contributed by atoms with Gasteiger partial charge in [0.2, 0.25) is 5.91 Å². The van der Waals surface area contributed by atoms with E-state index in [1.807, 2.05) is 20.8 Å². The molecule has 0 heterocycles. The van der Waals surface area contributed by atoms with Crippen molar-refractivity contribution in [1.82, 2.24) is 10.6 Å². The highest BCUT2D eigenvalue weighted by Gasteiger charge is 2.18. The molecule has 1 aromatic rings. The van der Waals surface area contributed by atoms with E-state index in [2.05, 4.69) is 10.6 Å². The number of carbonyl (C=O) groups is 2. The Kier molecular flexibility index (Phi) is 5.34. The molecule has 0 aliphatic rings. The van der Waals surface area contributed by atoms with E-state index >= 15 is 0 Å². The molecular formula is C15H19ClN2O2. The largest absolute Gasteiger partial charge is 0.346 e. The zero-order valence-corrected chi connectivity index (χ0v) is 12.8. The molecule has 0 aliphatic carbocycles. The summed E-state index contributed by atoms with van der Waals surface area (Å²) in [5, 5.41) is 5.96. The first-order chi connectivity index (χ1) is 9.17. The summed E-state index contributed by atoms with van der Waals surface area (Å²) in [6.07, 6.45) is 1.61. The van der Waals surface area contributed by atoms with Gasteiger partial charge in [-0.25, -0.2) is 0 Å². The third-order valence-corrected chi connectivity index (χ3v) is 2.48. The fourth-order valence-electron chi connectivity index (χ4n) is 1.48. The van der Waals surface area contributed by atoms with Gasteiger partial charge >= 0.3 is 0 Å². The summed E-state index contributed by atoms with van der Waals surface area (Å²) in [6, 6.07) is 6.99. The lowest BCUT2D eigenvalue weighted by molar-refractivity contribution is -0.123. The van der Waals surface area contributed by atoms with Gasteiger partial charge in [0.25, 0.3) is 5.91 Å². The predicted octanol–water partition coefficient (Wildman–Crippen LogP) is 2.73. The van der Waals surface area contributed by atoms with Crippen molar-refractivity contribution in [3.8, 4) is 0 Å². The lowest BCUT2D eigenvalue weighted by Gasteiger charge is -2.21. The highest BCUT2D eigenvalue weighted by Crippen LogP contribution is 2.12. The SMILES string of the molecule is CC(=O)N/C(=C/c1ccc(Cl)cc1)C(=O)NC(C)(C)C. The van der Waals surface area contributed by atoms with Crippen LogP contribution in [0.25, 0.3) is 6.08 Å². The summed E-state index contributed by atoms with van der Waals surface area (Å²) in [5.41, 5.74) is 0.603. The van der Waals surface area contributed by atoms with Crippen LogP contribution in [-0.2, 0) is 9.59 Å². The number of amides is 2. The van der Waals surface area contributed by atoms with Crippen LogP contribution in [0.5, 0.6) is 0 Å². The number of nitrogens with one attached hydrogen (secondary N) is 2. The lowest BCUT2D eigenvalue weighted by Crippen LogP contribution is -2.44. The highest BCUT2D eigenvalue weighted by molar-refractivity contribution is 6.30. The first-order valence-electron chi connectivity index (χ1n) is 6.25. The van der Waals surface area contributed by atoms with Crippen molar-refractivity contribution in [3.05, 3.63) is 40.5 Å². The van der Waals surface area contributed by atoms with Gasteiger partial charge in [0.15, 0.2) is 0 Å². The quantitative estimate of drug-likeness (QED) is 0.842. The minimum Gasteiger partial charge on any atom is -0.346 e. The summed E-state index contributed by atoms with van der Waals surface area (Å²) in [5.74, 6) is -0.628. The summed E-state index contributed by atoms with van der Waals surface area (Å²) >= 11 is 5.81. The molecule has 0 aliphatic heterocycles. The maximum absolute atomic E-state index is 12.1. The summed E-state index contributed by atoms with van der Waals surface area (Å²) < 4.78 is 0. The summed E-state index contributed by atoms with van der Waals surface area (Å²) in [4.78, 5) is 23.4. The van der Waals surface area contributed by atoms with Crippen LogP contribution in [0.3, 0.4) is 0 Å². The average molecular weight is 295 g/mol. The van der Waals surface area contributed by atoms with Crippen LogP contribution in [-0.4, -0.2) is 17.4 Å². The summed E-state index contributed by atoms with van der Waals surface area (Å²) in [7, 11) is 0. The molecule has 20 heavy (non-hydrogen) atoms. The standard InChI is InChI=1S/C15H19ClN2O2/c1-10(19)17-13(14(20)18-15(2,3)4)9-11-5-7-12(16)8-6-11/h5-9H,1-4H3,(H,17,19)(H,18,20)/b13-9+. The van der Waals surface area contributed by atoms with E-state index in [0.29, 0.717) is 5.02 Å². The molecule has 0 fully saturated rings. The second-order valence-electron chi connectivity index (χ2n) is 5.49. The van der Waals surface area contributed by atoms with Gasteiger partial charge in [0, 0.05) is 17.5 Å². The average Bonchev–Trinajstić information content (AvgIpc) is 2.28. The van der Waals surface area contributed by atoms with Gasteiger partial charge in [-0.3, -0.25) is 9.59 Å². The molecule has 2 N–H and O–H groups in total. The molecule has 0 atom stereocenters. The molecule has 108 valence electrons. The Balaban J connectivity index is 3.02. The Morgan fingerprint density at radius 3 is 2.15 bits per heavy atom. The number of hydrogen-bond acceptors (Lipinski definition) is 2. The van der Waals surface area contributed by atoms with Crippen LogP contribution in [0.4, 0.5) is 0 Å². The van der Waals surface area contributed by atoms with E-state index in [9.17, 15) is 9.59 Å². The molecule has 1 aromatic carbocycles. The van der Waals surface area contributed by atoms with Crippen LogP contribution >= 0.6 is 11.6 Å². The van der Waals surface area contributed by atoms with Crippen LogP contribution < -0.4 is 10.6 Å². The third-order valence-electron chi connectivity index (χ3n) is 2.22. The van der Waals surface area contributed by atoms with Gasteiger partial charge in [-0.15, -0.1) is 0 Å². The maximum Gasteiger partial charge on any atom is 0.268 e. The third kappa shape index (κ3) is 5.89. The molecule has 0 radical (unpaired) electrons. The topological polar surface area (TPSA) is 58.2 Å². The molecule has 0 saturated heterocycles. The van der Waals surface area contributed by atoms with E-state index < -0.39 is 0 Å². The van der Waals surface area contributed by atoms with Gasteiger partial charge in [0.05, 0.1) is 0 Å². The smallest absolute Gasteiger partial charge is 0.268 e. The minimum absolute atomic E-state index is 0.203. The predicted molar refractivity (Wildman–Crippen MR) is 81.1 cm³/mol. The Hall–Kier alpha value is -1.81. The number of benzene rings is 1. The Labute approximate surface area is 124 Å². The maximum atomic E-state index is 12.1. The van der Waals surface area contributed by atoms with Crippen LogP contribution in [0.2, 0.25) is 5.02 Å². The molecular weight excluding hydrogens is 276 g/mol. The van der Waals surface area contributed by atoms with Crippen molar-refractivity contribution in [2.24, 2.45) is 0 Å². The van der Waals surface area contributed by atoms with E-state index in [4.69, 9.17) is 11.6 Å². The molecule has 0 aromatic heterocycles. The molecule has 0 spiro atoms. The molecule has 1 rings (SSSR count). The van der Waals surface area contributed by atoms with Gasteiger partial charge in [-0.2, -0.15) is 0 Å². The summed E-state index contributed by atoms with van der Waals surface area (Å²) in [6.45, 7) is 6.98. The molecule has 0 saturated carbocycles. The number of halogens is 1.